The van der Waals surface area contributed by atoms with E-state index < -0.39 is 5.60 Å². The number of nitrogens with zero attached hydrogens (tertiary/aromatic N) is 1. The largest absolute Gasteiger partial charge is 0.379 e. The van der Waals surface area contributed by atoms with E-state index in [9.17, 15) is 9.90 Å². The molecule has 0 saturated carbocycles. The first-order valence-electron chi connectivity index (χ1n) is 6.72. The van der Waals surface area contributed by atoms with E-state index >= 15 is 0 Å². The maximum atomic E-state index is 12.1. The standard InChI is InChI=1S/C15H16N2O2S2/c1-10-4-2-3-5-11(10)12-8-16-14(21-12)17-13(18)15(19)6-7-20-9-15/h2-5,8,19H,6-7,9H2,1H3,(H,16,17,18). The van der Waals surface area contributed by atoms with Crippen molar-refractivity contribution in [1.82, 2.24) is 4.98 Å². The molecule has 0 radical (unpaired) electrons. The fraction of sp³-hybridized carbons (Fsp3) is 0.333. The number of nitrogens with one attached hydrogen (secondary N) is 1. The summed E-state index contributed by atoms with van der Waals surface area (Å²) in [6, 6.07) is 8.07. The van der Waals surface area contributed by atoms with Gasteiger partial charge in [0.1, 0.15) is 0 Å². The number of aryl methyl sites for hydroxylation is 1. The van der Waals surface area contributed by atoms with E-state index in [4.69, 9.17) is 0 Å². The number of hydrogen-bond acceptors (Lipinski definition) is 5. The molecule has 1 aliphatic heterocycles. The Bertz CT molecular complexity index is 663. The molecule has 6 heteroatoms. The molecule has 1 unspecified atom stereocenters. The molecule has 2 aromatic rings. The number of thiazole rings is 1. The van der Waals surface area contributed by atoms with Crippen LogP contribution in [0.2, 0.25) is 0 Å². The highest BCUT2D eigenvalue weighted by Crippen LogP contribution is 2.33. The van der Waals surface area contributed by atoms with Gasteiger partial charge in [0.05, 0.1) is 4.88 Å². The van der Waals surface area contributed by atoms with Crippen molar-refractivity contribution in [2.24, 2.45) is 0 Å². The molecule has 3 rings (SSSR count). The lowest BCUT2D eigenvalue weighted by Gasteiger charge is -2.18. The van der Waals surface area contributed by atoms with Gasteiger partial charge in [0.2, 0.25) is 0 Å². The Morgan fingerprint density at radius 1 is 1.43 bits per heavy atom. The average molecular weight is 320 g/mol. The lowest BCUT2D eigenvalue weighted by atomic mass is 10.0. The monoisotopic (exact) mass is 320 g/mol. The Morgan fingerprint density at radius 3 is 2.95 bits per heavy atom. The fourth-order valence-corrected chi connectivity index (χ4v) is 4.39. The first-order chi connectivity index (χ1) is 10.1. The summed E-state index contributed by atoms with van der Waals surface area (Å²) >= 11 is 3.02. The molecule has 1 aliphatic rings. The van der Waals surface area contributed by atoms with E-state index in [0.717, 1.165) is 16.2 Å². The van der Waals surface area contributed by atoms with Crippen LogP contribution in [0.15, 0.2) is 30.5 Å². The van der Waals surface area contributed by atoms with Crippen LogP contribution in [0.1, 0.15) is 12.0 Å². The summed E-state index contributed by atoms with van der Waals surface area (Å²) in [6.07, 6.45) is 2.26. The molecule has 110 valence electrons. The van der Waals surface area contributed by atoms with Crippen molar-refractivity contribution >= 4 is 34.1 Å². The molecule has 1 amide bonds. The van der Waals surface area contributed by atoms with E-state index in [-0.39, 0.29) is 5.91 Å². The quantitative estimate of drug-likeness (QED) is 0.913. The van der Waals surface area contributed by atoms with Gasteiger partial charge in [-0.3, -0.25) is 10.1 Å². The second-order valence-electron chi connectivity index (χ2n) is 5.13. The molecular formula is C15H16N2O2S2. The predicted octanol–water partition coefficient (Wildman–Crippen LogP) is 2.93. The van der Waals surface area contributed by atoms with Crippen LogP contribution >= 0.6 is 23.1 Å². The van der Waals surface area contributed by atoms with Crippen molar-refractivity contribution in [3.63, 3.8) is 0 Å². The van der Waals surface area contributed by atoms with Crippen molar-refractivity contribution in [1.29, 1.82) is 0 Å². The Labute approximate surface area is 131 Å². The van der Waals surface area contributed by atoms with Crippen LogP contribution in [-0.4, -0.2) is 33.1 Å². The lowest BCUT2D eigenvalue weighted by Crippen LogP contribution is -2.42. The number of aromatic nitrogens is 1. The normalized spacial score (nSPS) is 21.4. The Balaban J connectivity index is 1.77. The van der Waals surface area contributed by atoms with E-state index in [1.165, 1.54) is 16.9 Å². The third-order valence-electron chi connectivity index (χ3n) is 3.56. The number of thioether (sulfide) groups is 1. The molecule has 1 fully saturated rings. The second-order valence-corrected chi connectivity index (χ2v) is 7.27. The highest BCUT2D eigenvalue weighted by molar-refractivity contribution is 7.99. The van der Waals surface area contributed by atoms with Gasteiger partial charge in [-0.25, -0.2) is 4.98 Å². The molecule has 0 bridgehead atoms. The number of carbonyl (C=O) groups is 1. The van der Waals surface area contributed by atoms with Gasteiger partial charge in [-0.15, -0.1) is 0 Å². The van der Waals surface area contributed by atoms with E-state index in [2.05, 4.69) is 10.3 Å². The minimum absolute atomic E-state index is 0.349. The van der Waals surface area contributed by atoms with Gasteiger partial charge in [0, 0.05) is 11.9 Å². The van der Waals surface area contributed by atoms with Crippen molar-refractivity contribution in [3.05, 3.63) is 36.0 Å². The highest BCUT2D eigenvalue weighted by Gasteiger charge is 2.39. The molecule has 1 aromatic heterocycles. The summed E-state index contributed by atoms with van der Waals surface area (Å²) in [5.74, 6) is 0.920. The van der Waals surface area contributed by atoms with E-state index in [1.54, 1.807) is 18.0 Å². The van der Waals surface area contributed by atoms with Crippen LogP contribution in [0.3, 0.4) is 0 Å². The van der Waals surface area contributed by atoms with Crippen LogP contribution in [0.25, 0.3) is 10.4 Å². The Morgan fingerprint density at radius 2 is 2.24 bits per heavy atom. The smallest absolute Gasteiger partial charge is 0.259 e. The van der Waals surface area contributed by atoms with Gasteiger partial charge < -0.3 is 5.11 Å². The van der Waals surface area contributed by atoms with Gasteiger partial charge in [0.25, 0.3) is 5.91 Å². The third kappa shape index (κ3) is 2.97. The van der Waals surface area contributed by atoms with E-state index in [0.29, 0.717) is 17.3 Å². The van der Waals surface area contributed by atoms with Crippen LogP contribution in [0.5, 0.6) is 0 Å². The number of rotatable bonds is 3. The fourth-order valence-electron chi connectivity index (χ4n) is 2.25. The second kappa shape index (κ2) is 5.79. The van der Waals surface area contributed by atoms with Crippen molar-refractivity contribution in [3.8, 4) is 10.4 Å². The third-order valence-corrected chi connectivity index (χ3v) is 5.68. The first kappa shape index (κ1) is 14.6. The summed E-state index contributed by atoms with van der Waals surface area (Å²) in [4.78, 5) is 17.4. The van der Waals surface area contributed by atoms with E-state index in [1.807, 2.05) is 31.2 Å². The zero-order valence-corrected chi connectivity index (χ0v) is 13.3. The molecule has 2 N–H and O–H groups in total. The Hall–Kier alpha value is -1.37. The summed E-state index contributed by atoms with van der Waals surface area (Å²) in [6.45, 7) is 2.05. The van der Waals surface area contributed by atoms with Crippen LogP contribution in [-0.2, 0) is 4.79 Å². The number of hydrogen-bond donors (Lipinski definition) is 2. The SMILES string of the molecule is Cc1ccccc1-c1cnc(NC(=O)C2(O)CCSC2)s1. The van der Waals surface area contributed by atoms with Crippen molar-refractivity contribution in [2.45, 2.75) is 18.9 Å². The number of carbonyl (C=O) groups excluding carboxylic acids is 1. The molecule has 0 aliphatic carbocycles. The zero-order valence-electron chi connectivity index (χ0n) is 11.6. The average Bonchev–Trinajstić information content (AvgIpc) is 3.09. The summed E-state index contributed by atoms with van der Waals surface area (Å²) in [7, 11) is 0. The molecule has 1 atom stereocenters. The number of amides is 1. The van der Waals surface area contributed by atoms with Crippen LogP contribution in [0, 0.1) is 6.92 Å². The molecule has 1 saturated heterocycles. The summed E-state index contributed by atoms with van der Waals surface area (Å²) in [5.41, 5.74) is 1.04. The molecule has 4 nitrogen and oxygen atoms in total. The van der Waals surface area contributed by atoms with Gasteiger partial charge in [-0.1, -0.05) is 35.6 Å². The molecule has 1 aromatic carbocycles. The van der Waals surface area contributed by atoms with Gasteiger partial charge in [0.15, 0.2) is 10.7 Å². The number of benzene rings is 1. The summed E-state index contributed by atoms with van der Waals surface area (Å²) in [5, 5.41) is 13.5. The van der Waals surface area contributed by atoms with Crippen LogP contribution in [0.4, 0.5) is 5.13 Å². The molecule has 21 heavy (non-hydrogen) atoms. The van der Waals surface area contributed by atoms with Gasteiger partial charge in [-0.2, -0.15) is 11.8 Å². The molecule has 2 heterocycles. The lowest BCUT2D eigenvalue weighted by molar-refractivity contribution is -0.131. The maximum Gasteiger partial charge on any atom is 0.259 e. The van der Waals surface area contributed by atoms with Gasteiger partial charge in [-0.05, 0) is 30.2 Å². The minimum Gasteiger partial charge on any atom is -0.379 e. The predicted molar refractivity (Wildman–Crippen MR) is 87.8 cm³/mol. The van der Waals surface area contributed by atoms with Crippen molar-refractivity contribution in [2.75, 3.05) is 16.8 Å². The first-order valence-corrected chi connectivity index (χ1v) is 8.69. The van der Waals surface area contributed by atoms with Crippen molar-refractivity contribution < 1.29 is 9.90 Å². The van der Waals surface area contributed by atoms with Crippen LogP contribution < -0.4 is 5.32 Å². The Kier molecular flexibility index (Phi) is 4.01. The zero-order chi connectivity index (χ0) is 14.9. The molecular weight excluding hydrogens is 304 g/mol. The highest BCUT2D eigenvalue weighted by atomic mass is 32.2. The molecule has 0 spiro atoms. The van der Waals surface area contributed by atoms with Gasteiger partial charge >= 0.3 is 0 Å². The maximum absolute atomic E-state index is 12.1. The summed E-state index contributed by atoms with van der Waals surface area (Å²) < 4.78 is 0. The number of aliphatic hydroxyl groups is 1. The minimum atomic E-state index is -1.25. The number of anilines is 1. The topological polar surface area (TPSA) is 62.2 Å².